The van der Waals surface area contributed by atoms with E-state index in [-0.39, 0.29) is 40.4 Å². The molecule has 2 amide bonds. The van der Waals surface area contributed by atoms with Crippen LogP contribution in [0.3, 0.4) is 0 Å². The molecule has 0 aliphatic carbocycles. The number of fused-ring (bicyclic) bond motifs is 1. The third kappa shape index (κ3) is 4.13. The Morgan fingerprint density at radius 2 is 1.88 bits per heavy atom. The fraction of sp³-hybridized carbons (Fsp3) is 0.500. The van der Waals surface area contributed by atoms with Gasteiger partial charge in [-0.2, -0.15) is 0 Å². The van der Waals surface area contributed by atoms with E-state index in [1.54, 1.807) is 13.8 Å². The van der Waals surface area contributed by atoms with Crippen molar-refractivity contribution < 1.29 is 18.0 Å². The summed E-state index contributed by atoms with van der Waals surface area (Å²) < 4.78 is 25.9. The molecule has 0 spiro atoms. The summed E-state index contributed by atoms with van der Waals surface area (Å²) in [6.07, 6.45) is 0. The Balaban J connectivity index is 0.00000312. The number of likely N-dealkylation sites (N-methyl/N-ethyl adjacent to an activating group) is 1. The lowest BCUT2D eigenvalue weighted by atomic mass is 10.1. The zero-order chi connectivity index (χ0) is 18.1. The molecule has 0 unspecified atom stereocenters. The van der Waals surface area contributed by atoms with Gasteiger partial charge in [-0.15, -0.1) is 12.4 Å². The maximum atomic E-state index is 12.5. The maximum Gasteiger partial charge on any atom is 0.269 e. The lowest BCUT2D eigenvalue weighted by Crippen LogP contribution is -2.38. The highest BCUT2D eigenvalue weighted by Crippen LogP contribution is 2.32. The number of nitrogens with zero attached hydrogens (tertiary/aromatic N) is 1. The molecule has 2 N–H and O–H groups in total. The highest BCUT2D eigenvalue weighted by atomic mass is 35.5. The molecule has 0 fully saturated rings. The molecule has 140 valence electrons. The number of hydrogen-bond acceptors (Lipinski definition) is 5. The molecule has 1 atom stereocenters. The zero-order valence-corrected chi connectivity index (χ0v) is 16.3. The third-order valence-corrected chi connectivity index (χ3v) is 5.80. The quantitative estimate of drug-likeness (QED) is 0.766. The SMILES string of the molecule is CCN[C@H](C)CNC(=O)c1ccc2c(c1)S(=O)(=O)N(C(C)C)C2=O.Cl. The Morgan fingerprint density at radius 1 is 1.24 bits per heavy atom. The van der Waals surface area contributed by atoms with Crippen LogP contribution in [0.25, 0.3) is 0 Å². The summed E-state index contributed by atoms with van der Waals surface area (Å²) in [6.45, 7) is 8.40. The Bertz CT molecular complexity index is 765. The van der Waals surface area contributed by atoms with E-state index in [0.29, 0.717) is 6.54 Å². The third-order valence-electron chi connectivity index (χ3n) is 3.80. The molecule has 1 aromatic carbocycles. The largest absolute Gasteiger partial charge is 0.350 e. The summed E-state index contributed by atoms with van der Waals surface area (Å²) in [5.41, 5.74) is 0.334. The lowest BCUT2D eigenvalue weighted by molar-refractivity contribution is 0.0845. The molecule has 1 aliphatic heterocycles. The predicted molar refractivity (Wildman–Crippen MR) is 97.7 cm³/mol. The van der Waals surface area contributed by atoms with E-state index in [0.717, 1.165) is 10.8 Å². The van der Waals surface area contributed by atoms with Crippen LogP contribution in [-0.4, -0.2) is 49.7 Å². The van der Waals surface area contributed by atoms with Crippen molar-refractivity contribution in [3.63, 3.8) is 0 Å². The zero-order valence-electron chi connectivity index (χ0n) is 14.7. The van der Waals surface area contributed by atoms with E-state index in [2.05, 4.69) is 10.6 Å². The van der Waals surface area contributed by atoms with Crippen molar-refractivity contribution in [1.82, 2.24) is 14.9 Å². The van der Waals surface area contributed by atoms with Gasteiger partial charge in [-0.25, -0.2) is 12.7 Å². The van der Waals surface area contributed by atoms with Crippen LogP contribution in [0, 0.1) is 0 Å². The average Bonchev–Trinajstić information content (AvgIpc) is 2.71. The smallest absolute Gasteiger partial charge is 0.269 e. The second-order valence-corrected chi connectivity index (χ2v) is 7.86. The first kappa shape index (κ1) is 21.4. The van der Waals surface area contributed by atoms with Crippen molar-refractivity contribution in [2.75, 3.05) is 13.1 Å². The predicted octanol–water partition coefficient (Wildman–Crippen LogP) is 1.39. The minimum Gasteiger partial charge on any atom is -0.350 e. The second kappa shape index (κ2) is 8.16. The number of benzene rings is 1. The molecular weight excluding hydrogens is 366 g/mol. The Morgan fingerprint density at radius 3 is 2.44 bits per heavy atom. The van der Waals surface area contributed by atoms with Gasteiger partial charge in [0.1, 0.15) is 4.90 Å². The van der Waals surface area contributed by atoms with Gasteiger partial charge in [0.05, 0.1) is 5.56 Å². The first-order chi connectivity index (χ1) is 11.2. The van der Waals surface area contributed by atoms with Crippen molar-refractivity contribution in [2.24, 2.45) is 0 Å². The molecule has 2 rings (SSSR count). The number of halogens is 1. The number of sulfonamides is 1. The molecule has 0 bridgehead atoms. The Kier molecular flexibility index (Phi) is 6.99. The van der Waals surface area contributed by atoms with Crippen LogP contribution in [-0.2, 0) is 10.0 Å². The van der Waals surface area contributed by atoms with Crippen molar-refractivity contribution in [2.45, 2.75) is 44.7 Å². The summed E-state index contributed by atoms with van der Waals surface area (Å²) in [6, 6.07) is 3.78. The van der Waals surface area contributed by atoms with E-state index in [1.807, 2.05) is 13.8 Å². The topological polar surface area (TPSA) is 95.6 Å². The van der Waals surface area contributed by atoms with Gasteiger partial charge in [-0.05, 0) is 45.5 Å². The minimum absolute atomic E-state index is 0. The van der Waals surface area contributed by atoms with Crippen LogP contribution in [0.2, 0.25) is 0 Å². The normalized spacial score (nSPS) is 16.4. The molecule has 0 saturated carbocycles. The summed E-state index contributed by atoms with van der Waals surface area (Å²) in [5.74, 6) is -0.916. The average molecular weight is 390 g/mol. The van der Waals surface area contributed by atoms with E-state index in [9.17, 15) is 18.0 Å². The van der Waals surface area contributed by atoms with Crippen LogP contribution in [0.4, 0.5) is 0 Å². The number of amides is 2. The van der Waals surface area contributed by atoms with Gasteiger partial charge < -0.3 is 10.6 Å². The van der Waals surface area contributed by atoms with Crippen LogP contribution in [0.1, 0.15) is 48.4 Å². The number of hydrogen-bond donors (Lipinski definition) is 2. The molecule has 7 nitrogen and oxygen atoms in total. The Hall–Kier alpha value is -1.64. The summed E-state index contributed by atoms with van der Waals surface area (Å²) in [7, 11) is -3.90. The molecule has 0 aromatic heterocycles. The van der Waals surface area contributed by atoms with Crippen molar-refractivity contribution in [1.29, 1.82) is 0 Å². The van der Waals surface area contributed by atoms with Gasteiger partial charge in [0.15, 0.2) is 0 Å². The van der Waals surface area contributed by atoms with Gasteiger partial charge in [0.25, 0.3) is 21.8 Å². The highest BCUT2D eigenvalue weighted by Gasteiger charge is 2.42. The fourth-order valence-electron chi connectivity index (χ4n) is 2.67. The van der Waals surface area contributed by atoms with Gasteiger partial charge in [0, 0.05) is 24.2 Å². The van der Waals surface area contributed by atoms with Crippen molar-refractivity contribution >= 4 is 34.2 Å². The molecular formula is C16H24ClN3O4S. The molecule has 1 aliphatic rings. The van der Waals surface area contributed by atoms with Crippen molar-refractivity contribution in [3.05, 3.63) is 29.3 Å². The van der Waals surface area contributed by atoms with Crippen molar-refractivity contribution in [3.8, 4) is 0 Å². The maximum absolute atomic E-state index is 12.5. The summed E-state index contributed by atoms with van der Waals surface area (Å²) in [5, 5.41) is 5.92. The number of nitrogens with one attached hydrogen (secondary N) is 2. The molecule has 0 radical (unpaired) electrons. The van der Waals surface area contributed by atoms with E-state index in [4.69, 9.17) is 0 Å². The highest BCUT2D eigenvalue weighted by molar-refractivity contribution is 7.90. The van der Waals surface area contributed by atoms with Crippen LogP contribution in [0.15, 0.2) is 23.1 Å². The van der Waals surface area contributed by atoms with Gasteiger partial charge in [-0.1, -0.05) is 6.92 Å². The van der Waals surface area contributed by atoms with E-state index < -0.39 is 22.0 Å². The minimum atomic E-state index is -3.90. The van der Waals surface area contributed by atoms with Gasteiger partial charge >= 0.3 is 0 Å². The lowest BCUT2D eigenvalue weighted by Gasteiger charge is -2.18. The van der Waals surface area contributed by atoms with Crippen LogP contribution < -0.4 is 10.6 Å². The fourth-order valence-corrected chi connectivity index (χ4v) is 4.46. The van der Waals surface area contributed by atoms with E-state index >= 15 is 0 Å². The Labute approximate surface area is 154 Å². The van der Waals surface area contributed by atoms with Crippen LogP contribution >= 0.6 is 12.4 Å². The monoisotopic (exact) mass is 389 g/mol. The summed E-state index contributed by atoms with van der Waals surface area (Å²) in [4.78, 5) is 24.4. The number of rotatable bonds is 6. The molecule has 9 heteroatoms. The first-order valence-corrected chi connectivity index (χ1v) is 9.38. The standard InChI is InChI=1S/C16H23N3O4S.ClH/c1-5-17-11(4)9-18-15(20)12-6-7-13-14(8-12)24(22,23)19(10(2)3)16(13)21;/h6-8,10-11,17H,5,9H2,1-4H3,(H,18,20);1H/t11-;/m1./s1. The van der Waals surface area contributed by atoms with Gasteiger partial charge in [0.2, 0.25) is 0 Å². The first-order valence-electron chi connectivity index (χ1n) is 7.94. The summed E-state index contributed by atoms with van der Waals surface area (Å²) >= 11 is 0. The molecule has 0 saturated heterocycles. The molecule has 25 heavy (non-hydrogen) atoms. The molecule has 1 aromatic rings. The van der Waals surface area contributed by atoms with Crippen LogP contribution in [0.5, 0.6) is 0 Å². The van der Waals surface area contributed by atoms with Gasteiger partial charge in [-0.3, -0.25) is 9.59 Å². The van der Waals surface area contributed by atoms with E-state index in [1.165, 1.54) is 18.2 Å². The molecule has 1 heterocycles. The number of carbonyl (C=O) groups is 2. The number of carbonyl (C=O) groups excluding carboxylic acids is 2. The second-order valence-electron chi connectivity index (χ2n) is 6.08.